The van der Waals surface area contributed by atoms with E-state index in [4.69, 9.17) is 9.47 Å². The minimum Gasteiger partial charge on any atom is -0.451 e. The summed E-state index contributed by atoms with van der Waals surface area (Å²) >= 11 is 0. The Hall–Kier alpha value is -2.39. The zero-order chi connectivity index (χ0) is 15.6. The van der Waals surface area contributed by atoms with Gasteiger partial charge in [0.2, 0.25) is 0 Å². The lowest BCUT2D eigenvalue weighted by molar-refractivity contribution is -0.144. The molecule has 0 radical (unpaired) electrons. The number of carbonyl (C=O) groups excluding carboxylic acids is 1. The van der Waals surface area contributed by atoms with Gasteiger partial charge in [-0.25, -0.2) is 4.79 Å². The molecule has 0 spiro atoms. The number of carbonyl (C=O) groups is 1. The Morgan fingerprint density at radius 1 is 0.870 bits per heavy atom. The van der Waals surface area contributed by atoms with Gasteiger partial charge in [0.1, 0.15) is 6.10 Å². The number of esters is 1. The van der Waals surface area contributed by atoms with E-state index in [-0.39, 0.29) is 18.2 Å². The molecule has 3 heteroatoms. The zero-order valence-corrected chi connectivity index (χ0v) is 12.8. The predicted molar refractivity (Wildman–Crippen MR) is 87.6 cm³/mol. The molecular formula is C20H18O3. The fraction of sp³-hybridized carbons (Fsp3) is 0.250. The fourth-order valence-corrected chi connectivity index (χ4v) is 3.41. The van der Waals surface area contributed by atoms with Crippen LogP contribution in [0.2, 0.25) is 0 Å². The first-order valence-electron chi connectivity index (χ1n) is 8.00. The van der Waals surface area contributed by atoms with Gasteiger partial charge in [-0.15, -0.1) is 0 Å². The second-order valence-corrected chi connectivity index (χ2v) is 5.90. The van der Waals surface area contributed by atoms with Crippen molar-refractivity contribution in [3.05, 3.63) is 77.4 Å². The Morgan fingerprint density at radius 3 is 2.30 bits per heavy atom. The third-order valence-electron chi connectivity index (χ3n) is 4.46. The summed E-state index contributed by atoms with van der Waals surface area (Å²) in [7, 11) is 0. The van der Waals surface area contributed by atoms with Gasteiger partial charge in [-0.05, 0) is 29.5 Å². The molecule has 2 aromatic rings. The zero-order valence-electron chi connectivity index (χ0n) is 12.8. The molecule has 1 fully saturated rings. The van der Waals surface area contributed by atoms with Crippen LogP contribution in [0.15, 0.2) is 66.2 Å². The van der Waals surface area contributed by atoms with E-state index in [1.54, 1.807) is 0 Å². The van der Waals surface area contributed by atoms with Crippen molar-refractivity contribution >= 4 is 11.5 Å². The van der Waals surface area contributed by atoms with E-state index in [1.165, 1.54) is 0 Å². The maximum absolute atomic E-state index is 12.5. The van der Waals surface area contributed by atoms with Crippen molar-refractivity contribution < 1.29 is 14.3 Å². The Labute approximate surface area is 135 Å². The second kappa shape index (κ2) is 6.01. The Balaban J connectivity index is 1.79. The molecule has 0 unspecified atom stereocenters. The van der Waals surface area contributed by atoms with Gasteiger partial charge in [0, 0.05) is 6.61 Å². The van der Waals surface area contributed by atoms with Crippen LogP contribution in [0.1, 0.15) is 30.1 Å². The maximum atomic E-state index is 12.5. The summed E-state index contributed by atoms with van der Waals surface area (Å²) in [4.78, 5) is 12.5. The maximum Gasteiger partial charge on any atom is 0.339 e. The average molecular weight is 306 g/mol. The van der Waals surface area contributed by atoms with Gasteiger partial charge in [-0.3, -0.25) is 0 Å². The molecule has 0 saturated carbocycles. The molecule has 1 saturated heterocycles. The number of hydrogen-bond donors (Lipinski definition) is 0. The molecule has 23 heavy (non-hydrogen) atoms. The second-order valence-electron chi connectivity index (χ2n) is 5.90. The van der Waals surface area contributed by atoms with Crippen LogP contribution < -0.4 is 0 Å². The van der Waals surface area contributed by atoms with Crippen molar-refractivity contribution in [3.63, 3.8) is 0 Å². The van der Waals surface area contributed by atoms with Crippen LogP contribution in [0.5, 0.6) is 0 Å². The lowest BCUT2D eigenvalue weighted by atomic mass is 9.92. The largest absolute Gasteiger partial charge is 0.451 e. The molecule has 0 N–H and O–H groups in total. The van der Waals surface area contributed by atoms with E-state index < -0.39 is 0 Å². The molecule has 2 aromatic carbocycles. The van der Waals surface area contributed by atoms with Gasteiger partial charge >= 0.3 is 5.97 Å². The number of ether oxygens (including phenoxy) is 2. The van der Waals surface area contributed by atoms with Gasteiger partial charge in [0.15, 0.2) is 6.10 Å². The van der Waals surface area contributed by atoms with Gasteiger partial charge in [0.25, 0.3) is 0 Å². The molecule has 2 heterocycles. The number of fused-ring (bicyclic) bond motifs is 1. The molecule has 2 atom stereocenters. The average Bonchev–Trinajstić information content (AvgIpc) is 2.79. The van der Waals surface area contributed by atoms with E-state index in [1.807, 2.05) is 60.7 Å². The highest BCUT2D eigenvalue weighted by atomic mass is 16.6. The van der Waals surface area contributed by atoms with Crippen molar-refractivity contribution in [3.8, 4) is 0 Å². The highest BCUT2D eigenvalue weighted by molar-refractivity contribution is 6.19. The molecular weight excluding hydrogens is 288 g/mol. The standard InChI is InChI=1S/C20H18O3/c21-20-17(14-8-3-1-4-9-14)16-12-7-13-22-18(19(16)23-20)15-10-5-2-6-11-15/h1-6,8-11,18-19H,7,12-13H2/t18-,19+/m0/s1. The van der Waals surface area contributed by atoms with E-state index in [0.717, 1.165) is 35.1 Å². The minimum atomic E-state index is -0.317. The van der Waals surface area contributed by atoms with Crippen molar-refractivity contribution in [2.75, 3.05) is 6.61 Å². The lowest BCUT2D eigenvalue weighted by Crippen LogP contribution is -2.22. The van der Waals surface area contributed by atoms with Crippen LogP contribution in [0.25, 0.3) is 5.57 Å². The van der Waals surface area contributed by atoms with E-state index >= 15 is 0 Å². The van der Waals surface area contributed by atoms with Crippen LogP contribution in [-0.2, 0) is 14.3 Å². The SMILES string of the molecule is O=C1O[C@@H]2C(=C1c1ccccc1)CCCO[C@H]2c1ccccc1. The van der Waals surface area contributed by atoms with E-state index in [2.05, 4.69) is 0 Å². The molecule has 4 rings (SSSR count). The molecule has 2 aliphatic rings. The normalized spacial score (nSPS) is 24.1. The third kappa shape index (κ3) is 2.57. The van der Waals surface area contributed by atoms with Crippen LogP contribution in [-0.4, -0.2) is 18.7 Å². The first kappa shape index (κ1) is 14.2. The summed E-state index contributed by atoms with van der Waals surface area (Å²) in [5.41, 5.74) is 3.79. The number of rotatable bonds is 2. The van der Waals surface area contributed by atoms with Crippen LogP contribution in [0.3, 0.4) is 0 Å². The Bertz CT molecular complexity index is 734. The highest BCUT2D eigenvalue weighted by Crippen LogP contribution is 2.42. The minimum absolute atomic E-state index is 0.223. The molecule has 3 nitrogen and oxygen atoms in total. The predicted octanol–water partition coefficient (Wildman–Crippen LogP) is 3.92. The van der Waals surface area contributed by atoms with E-state index in [0.29, 0.717) is 6.61 Å². The summed E-state index contributed by atoms with van der Waals surface area (Å²) in [6, 6.07) is 19.8. The Kier molecular flexibility index (Phi) is 3.72. The fourth-order valence-electron chi connectivity index (χ4n) is 3.41. The summed E-state index contributed by atoms with van der Waals surface area (Å²) in [5, 5.41) is 0. The lowest BCUT2D eigenvalue weighted by Gasteiger charge is -2.22. The van der Waals surface area contributed by atoms with Crippen LogP contribution >= 0.6 is 0 Å². The quantitative estimate of drug-likeness (QED) is 0.789. The molecule has 0 amide bonds. The monoisotopic (exact) mass is 306 g/mol. The first-order valence-corrected chi connectivity index (χ1v) is 8.00. The topological polar surface area (TPSA) is 35.5 Å². The molecule has 0 bridgehead atoms. The van der Waals surface area contributed by atoms with Gasteiger partial charge in [-0.2, -0.15) is 0 Å². The molecule has 0 aliphatic carbocycles. The highest BCUT2D eigenvalue weighted by Gasteiger charge is 2.41. The molecule has 116 valence electrons. The first-order chi connectivity index (χ1) is 11.3. The van der Waals surface area contributed by atoms with Crippen molar-refractivity contribution in [2.45, 2.75) is 25.0 Å². The molecule has 0 aromatic heterocycles. The number of hydrogen-bond acceptors (Lipinski definition) is 3. The summed E-state index contributed by atoms with van der Waals surface area (Å²) in [6.07, 6.45) is 1.20. The molecule has 2 aliphatic heterocycles. The van der Waals surface area contributed by atoms with E-state index in [9.17, 15) is 4.79 Å². The van der Waals surface area contributed by atoms with Crippen molar-refractivity contribution in [1.82, 2.24) is 0 Å². The smallest absolute Gasteiger partial charge is 0.339 e. The summed E-state index contributed by atoms with van der Waals surface area (Å²) in [5.74, 6) is -0.234. The summed E-state index contributed by atoms with van der Waals surface area (Å²) < 4.78 is 11.8. The van der Waals surface area contributed by atoms with Gasteiger partial charge in [0.05, 0.1) is 5.57 Å². The van der Waals surface area contributed by atoms with Gasteiger partial charge < -0.3 is 9.47 Å². The Morgan fingerprint density at radius 2 is 1.57 bits per heavy atom. The van der Waals surface area contributed by atoms with Crippen LogP contribution in [0.4, 0.5) is 0 Å². The number of benzene rings is 2. The summed E-state index contributed by atoms with van der Waals surface area (Å²) in [6.45, 7) is 0.680. The third-order valence-corrected chi connectivity index (χ3v) is 4.46. The van der Waals surface area contributed by atoms with Crippen molar-refractivity contribution in [2.24, 2.45) is 0 Å². The van der Waals surface area contributed by atoms with Gasteiger partial charge in [-0.1, -0.05) is 60.7 Å². The van der Waals surface area contributed by atoms with Crippen LogP contribution in [0, 0.1) is 0 Å². The van der Waals surface area contributed by atoms with Crippen molar-refractivity contribution in [1.29, 1.82) is 0 Å².